The maximum atomic E-state index is 8.81. The van der Waals surface area contributed by atoms with Crippen molar-refractivity contribution < 1.29 is 5.21 Å². The SMILES string of the molecule is Cc1ccccc1[C@H](C)NCc1cccnc1/C(N)=N/O. The summed E-state index contributed by atoms with van der Waals surface area (Å²) in [5, 5.41) is 15.3. The summed E-state index contributed by atoms with van der Waals surface area (Å²) in [6, 6.07) is 12.2. The first-order valence-corrected chi connectivity index (χ1v) is 6.84. The molecule has 0 radical (unpaired) electrons. The molecule has 5 heteroatoms. The summed E-state index contributed by atoms with van der Waals surface area (Å²) in [4.78, 5) is 4.16. The van der Waals surface area contributed by atoms with Gasteiger partial charge in [-0.1, -0.05) is 35.5 Å². The highest BCUT2D eigenvalue weighted by molar-refractivity contribution is 5.96. The van der Waals surface area contributed by atoms with Gasteiger partial charge in [-0.3, -0.25) is 4.98 Å². The normalized spacial score (nSPS) is 13.1. The van der Waals surface area contributed by atoms with E-state index in [0.717, 1.165) is 5.56 Å². The van der Waals surface area contributed by atoms with E-state index < -0.39 is 0 Å². The van der Waals surface area contributed by atoms with Gasteiger partial charge in [-0.15, -0.1) is 0 Å². The third kappa shape index (κ3) is 3.58. The highest BCUT2D eigenvalue weighted by atomic mass is 16.4. The van der Waals surface area contributed by atoms with Crippen molar-refractivity contribution in [2.45, 2.75) is 26.4 Å². The molecule has 2 aromatic rings. The van der Waals surface area contributed by atoms with Gasteiger partial charge in [0.15, 0.2) is 5.84 Å². The van der Waals surface area contributed by atoms with E-state index in [-0.39, 0.29) is 11.9 Å². The van der Waals surface area contributed by atoms with Gasteiger partial charge in [-0.05, 0) is 36.6 Å². The number of nitrogens with two attached hydrogens (primary N) is 1. The first-order valence-electron chi connectivity index (χ1n) is 6.84. The van der Waals surface area contributed by atoms with Crippen molar-refractivity contribution in [3.05, 3.63) is 65.0 Å². The van der Waals surface area contributed by atoms with E-state index in [2.05, 4.69) is 41.4 Å². The Labute approximate surface area is 124 Å². The van der Waals surface area contributed by atoms with Crippen LogP contribution >= 0.6 is 0 Å². The Bertz CT molecular complexity index is 640. The molecule has 110 valence electrons. The van der Waals surface area contributed by atoms with Crippen LogP contribution in [0.5, 0.6) is 0 Å². The number of benzene rings is 1. The van der Waals surface area contributed by atoms with Crippen molar-refractivity contribution in [3.8, 4) is 0 Å². The van der Waals surface area contributed by atoms with Crippen molar-refractivity contribution >= 4 is 5.84 Å². The molecule has 1 atom stereocenters. The minimum Gasteiger partial charge on any atom is -0.409 e. The monoisotopic (exact) mass is 284 g/mol. The number of amidine groups is 1. The fourth-order valence-corrected chi connectivity index (χ4v) is 2.30. The van der Waals surface area contributed by atoms with Gasteiger partial charge < -0.3 is 16.3 Å². The maximum Gasteiger partial charge on any atom is 0.189 e. The van der Waals surface area contributed by atoms with Crippen LogP contribution in [-0.2, 0) is 6.54 Å². The molecular formula is C16H20N4O. The quantitative estimate of drug-likeness (QED) is 0.340. The van der Waals surface area contributed by atoms with E-state index in [9.17, 15) is 0 Å². The number of nitrogens with one attached hydrogen (secondary N) is 1. The number of hydrogen-bond acceptors (Lipinski definition) is 4. The fraction of sp³-hybridized carbons (Fsp3) is 0.250. The molecule has 0 amide bonds. The smallest absolute Gasteiger partial charge is 0.189 e. The molecule has 1 heterocycles. The molecule has 1 aromatic heterocycles. The number of oxime groups is 1. The van der Waals surface area contributed by atoms with Gasteiger partial charge in [0.25, 0.3) is 0 Å². The van der Waals surface area contributed by atoms with Gasteiger partial charge in [0.05, 0.1) is 0 Å². The minimum atomic E-state index is 0.0240. The third-order valence-electron chi connectivity index (χ3n) is 3.50. The van der Waals surface area contributed by atoms with Crippen LogP contribution in [0.3, 0.4) is 0 Å². The second kappa shape index (κ2) is 6.85. The molecule has 0 saturated heterocycles. The van der Waals surface area contributed by atoms with Crippen molar-refractivity contribution in [1.29, 1.82) is 0 Å². The van der Waals surface area contributed by atoms with Crippen molar-refractivity contribution in [2.75, 3.05) is 0 Å². The summed E-state index contributed by atoms with van der Waals surface area (Å²) in [6.45, 7) is 4.80. The molecule has 0 unspecified atom stereocenters. The molecule has 21 heavy (non-hydrogen) atoms. The molecule has 0 aliphatic rings. The molecule has 0 saturated carbocycles. The Morgan fingerprint density at radius 1 is 1.33 bits per heavy atom. The second-order valence-corrected chi connectivity index (χ2v) is 4.96. The van der Waals surface area contributed by atoms with Crippen molar-refractivity contribution in [3.63, 3.8) is 0 Å². The lowest BCUT2D eigenvalue weighted by atomic mass is 10.0. The van der Waals surface area contributed by atoms with Crippen LogP contribution in [-0.4, -0.2) is 16.0 Å². The molecule has 0 aliphatic carbocycles. The molecule has 0 aliphatic heterocycles. The molecule has 0 fully saturated rings. The van der Waals surface area contributed by atoms with E-state index >= 15 is 0 Å². The van der Waals surface area contributed by atoms with Gasteiger partial charge in [0.1, 0.15) is 5.69 Å². The molecule has 1 aromatic carbocycles. The van der Waals surface area contributed by atoms with Gasteiger partial charge in [-0.25, -0.2) is 0 Å². The third-order valence-corrected chi connectivity index (χ3v) is 3.50. The standard InChI is InChI=1S/C16H20N4O/c1-11-6-3-4-8-14(11)12(2)19-10-13-7-5-9-18-15(13)16(17)20-21/h3-9,12,19,21H,10H2,1-2H3,(H2,17,20)/t12-/m0/s1. The van der Waals surface area contributed by atoms with E-state index in [0.29, 0.717) is 12.2 Å². The summed E-state index contributed by atoms with van der Waals surface area (Å²) in [6.07, 6.45) is 1.63. The van der Waals surface area contributed by atoms with Crippen LogP contribution in [0, 0.1) is 6.92 Å². The van der Waals surface area contributed by atoms with Crippen molar-refractivity contribution in [2.24, 2.45) is 10.9 Å². The number of pyridine rings is 1. The predicted octanol–water partition coefficient (Wildman–Crippen LogP) is 2.34. The molecular weight excluding hydrogens is 264 g/mol. The average molecular weight is 284 g/mol. The Morgan fingerprint density at radius 3 is 2.81 bits per heavy atom. The van der Waals surface area contributed by atoms with Gasteiger partial charge >= 0.3 is 0 Å². The highest BCUT2D eigenvalue weighted by Gasteiger charge is 2.11. The largest absolute Gasteiger partial charge is 0.409 e. The number of aryl methyl sites for hydroxylation is 1. The van der Waals surface area contributed by atoms with Crippen LogP contribution in [0.25, 0.3) is 0 Å². The topological polar surface area (TPSA) is 83.5 Å². The molecule has 5 nitrogen and oxygen atoms in total. The van der Waals surface area contributed by atoms with E-state index in [1.54, 1.807) is 6.20 Å². The Kier molecular flexibility index (Phi) is 4.90. The first-order chi connectivity index (χ1) is 10.1. The fourth-order valence-electron chi connectivity index (χ4n) is 2.30. The predicted molar refractivity (Wildman–Crippen MR) is 83.2 cm³/mol. The van der Waals surface area contributed by atoms with Crippen molar-refractivity contribution in [1.82, 2.24) is 10.3 Å². The van der Waals surface area contributed by atoms with E-state index in [4.69, 9.17) is 10.9 Å². The molecule has 0 spiro atoms. The Hall–Kier alpha value is -2.40. The van der Waals surface area contributed by atoms with Crippen LogP contribution in [0.4, 0.5) is 0 Å². The average Bonchev–Trinajstić information content (AvgIpc) is 2.52. The van der Waals surface area contributed by atoms with Gasteiger partial charge in [-0.2, -0.15) is 0 Å². The zero-order valence-electron chi connectivity index (χ0n) is 12.2. The second-order valence-electron chi connectivity index (χ2n) is 4.96. The molecule has 0 bridgehead atoms. The van der Waals surface area contributed by atoms with E-state index in [1.165, 1.54) is 11.1 Å². The summed E-state index contributed by atoms with van der Waals surface area (Å²) < 4.78 is 0. The number of rotatable bonds is 5. The maximum absolute atomic E-state index is 8.81. The van der Waals surface area contributed by atoms with Crippen LogP contribution in [0.2, 0.25) is 0 Å². The summed E-state index contributed by atoms with van der Waals surface area (Å²) in [5.41, 5.74) is 9.55. The molecule has 4 N–H and O–H groups in total. The summed E-state index contributed by atoms with van der Waals surface area (Å²) in [5.74, 6) is 0.0240. The number of aromatic nitrogens is 1. The number of hydrogen-bond donors (Lipinski definition) is 3. The van der Waals surface area contributed by atoms with Crippen LogP contribution < -0.4 is 11.1 Å². The lowest BCUT2D eigenvalue weighted by molar-refractivity contribution is 0.318. The Balaban J connectivity index is 2.12. The minimum absolute atomic E-state index is 0.0240. The van der Waals surface area contributed by atoms with Gasteiger partial charge in [0, 0.05) is 18.8 Å². The first kappa shape index (κ1) is 15.0. The van der Waals surface area contributed by atoms with E-state index in [1.807, 2.05) is 24.3 Å². The van der Waals surface area contributed by atoms with Crippen LogP contribution in [0.1, 0.15) is 35.3 Å². The zero-order chi connectivity index (χ0) is 15.2. The highest BCUT2D eigenvalue weighted by Crippen LogP contribution is 2.17. The zero-order valence-corrected chi connectivity index (χ0v) is 12.2. The summed E-state index contributed by atoms with van der Waals surface area (Å²) >= 11 is 0. The lowest BCUT2D eigenvalue weighted by Crippen LogP contribution is -2.23. The molecule has 2 rings (SSSR count). The van der Waals surface area contributed by atoms with Gasteiger partial charge in [0.2, 0.25) is 0 Å². The lowest BCUT2D eigenvalue weighted by Gasteiger charge is -2.17. The number of nitrogens with zero attached hydrogens (tertiary/aromatic N) is 2. The van der Waals surface area contributed by atoms with Crippen LogP contribution in [0.15, 0.2) is 47.8 Å². The Morgan fingerprint density at radius 2 is 2.10 bits per heavy atom. The summed E-state index contributed by atoms with van der Waals surface area (Å²) in [7, 11) is 0.